The normalized spacial score (nSPS) is 13.7. The minimum atomic E-state index is -0.815. The van der Waals surface area contributed by atoms with Gasteiger partial charge >= 0.3 is 0 Å². The van der Waals surface area contributed by atoms with Crippen LogP contribution in [0.15, 0.2) is 24.3 Å². The number of hydrogen-bond donors (Lipinski definition) is 2. The average molecular weight is 310 g/mol. The van der Waals surface area contributed by atoms with Crippen molar-refractivity contribution in [2.45, 2.75) is 39.7 Å². The standard InChI is InChI=1S/C16H26N2O2S/c1-3-13(2)12-21(20)9-5-8-16(19)18-15-7-4-6-14(10-15)11-17/h4,6-7,10,13H,3,5,8-9,11-12,17H2,1-2H3,(H,18,19). The van der Waals surface area contributed by atoms with E-state index in [4.69, 9.17) is 5.73 Å². The maximum Gasteiger partial charge on any atom is 0.224 e. The lowest BCUT2D eigenvalue weighted by atomic mass is 10.2. The molecule has 4 nitrogen and oxygen atoms in total. The molecule has 0 heterocycles. The van der Waals surface area contributed by atoms with Crippen molar-refractivity contribution in [3.05, 3.63) is 29.8 Å². The van der Waals surface area contributed by atoms with Crippen molar-refractivity contribution in [2.75, 3.05) is 16.8 Å². The first-order valence-corrected chi connectivity index (χ1v) is 8.97. The van der Waals surface area contributed by atoms with Gasteiger partial charge in [-0.15, -0.1) is 0 Å². The van der Waals surface area contributed by atoms with Crippen LogP contribution in [0.5, 0.6) is 0 Å². The summed E-state index contributed by atoms with van der Waals surface area (Å²) in [4.78, 5) is 11.8. The number of anilines is 1. The predicted molar refractivity (Wildman–Crippen MR) is 89.5 cm³/mol. The van der Waals surface area contributed by atoms with Crippen LogP contribution in [-0.4, -0.2) is 21.6 Å². The first-order valence-electron chi connectivity index (χ1n) is 7.49. The lowest BCUT2D eigenvalue weighted by molar-refractivity contribution is -0.116. The van der Waals surface area contributed by atoms with Gasteiger partial charge in [0.2, 0.25) is 5.91 Å². The molecule has 118 valence electrons. The molecule has 0 radical (unpaired) electrons. The quantitative estimate of drug-likeness (QED) is 0.736. The molecule has 0 bridgehead atoms. The van der Waals surface area contributed by atoms with E-state index in [0.717, 1.165) is 23.4 Å². The average Bonchev–Trinajstić information content (AvgIpc) is 2.47. The third kappa shape index (κ3) is 7.39. The van der Waals surface area contributed by atoms with E-state index in [-0.39, 0.29) is 5.91 Å². The Kier molecular flexibility index (Phi) is 8.23. The molecule has 0 aliphatic heterocycles. The van der Waals surface area contributed by atoms with E-state index in [0.29, 0.717) is 31.1 Å². The Morgan fingerprint density at radius 3 is 2.86 bits per heavy atom. The summed E-state index contributed by atoms with van der Waals surface area (Å²) in [5, 5.41) is 2.85. The van der Waals surface area contributed by atoms with Crippen LogP contribution in [0.25, 0.3) is 0 Å². The fraction of sp³-hybridized carbons (Fsp3) is 0.562. The van der Waals surface area contributed by atoms with Gasteiger partial charge < -0.3 is 11.1 Å². The third-order valence-corrected chi connectivity index (χ3v) is 5.07. The van der Waals surface area contributed by atoms with Gasteiger partial charge in [-0.2, -0.15) is 0 Å². The van der Waals surface area contributed by atoms with Gasteiger partial charge in [-0.25, -0.2) is 0 Å². The molecule has 0 fully saturated rings. The van der Waals surface area contributed by atoms with Crippen LogP contribution >= 0.6 is 0 Å². The minimum Gasteiger partial charge on any atom is -0.326 e. The topological polar surface area (TPSA) is 72.2 Å². The molecule has 21 heavy (non-hydrogen) atoms. The van der Waals surface area contributed by atoms with Crippen LogP contribution in [0.2, 0.25) is 0 Å². The fourth-order valence-corrected chi connectivity index (χ4v) is 3.42. The fourth-order valence-electron chi connectivity index (χ4n) is 1.91. The summed E-state index contributed by atoms with van der Waals surface area (Å²) in [7, 11) is -0.815. The van der Waals surface area contributed by atoms with Crippen LogP contribution in [0.3, 0.4) is 0 Å². The van der Waals surface area contributed by atoms with Crippen molar-refractivity contribution in [2.24, 2.45) is 11.7 Å². The number of carbonyl (C=O) groups is 1. The number of nitrogens with two attached hydrogens (primary N) is 1. The Morgan fingerprint density at radius 1 is 1.43 bits per heavy atom. The largest absolute Gasteiger partial charge is 0.326 e. The molecule has 0 saturated carbocycles. The molecular weight excluding hydrogens is 284 g/mol. The van der Waals surface area contributed by atoms with E-state index in [1.807, 2.05) is 24.3 Å². The Balaban J connectivity index is 2.29. The molecule has 2 unspecified atom stereocenters. The molecule has 1 amide bonds. The van der Waals surface area contributed by atoms with Gasteiger partial charge in [0.05, 0.1) is 0 Å². The maximum atomic E-state index is 11.8. The van der Waals surface area contributed by atoms with Gasteiger partial charge in [0.1, 0.15) is 0 Å². The number of benzene rings is 1. The minimum absolute atomic E-state index is 0.0373. The van der Waals surface area contributed by atoms with E-state index in [1.165, 1.54) is 0 Å². The van der Waals surface area contributed by atoms with Crippen LogP contribution in [0.1, 0.15) is 38.7 Å². The summed E-state index contributed by atoms with van der Waals surface area (Å²) in [6, 6.07) is 7.52. The van der Waals surface area contributed by atoms with Gasteiger partial charge in [-0.05, 0) is 30.0 Å². The molecule has 2 atom stereocenters. The van der Waals surface area contributed by atoms with Gasteiger partial charge in [0.15, 0.2) is 0 Å². The summed E-state index contributed by atoms with van der Waals surface area (Å²) < 4.78 is 11.8. The summed E-state index contributed by atoms with van der Waals surface area (Å²) in [5.41, 5.74) is 7.32. The molecule has 0 aliphatic rings. The molecule has 1 aromatic carbocycles. The lowest BCUT2D eigenvalue weighted by Crippen LogP contribution is -2.15. The van der Waals surface area contributed by atoms with Crippen molar-refractivity contribution < 1.29 is 9.00 Å². The van der Waals surface area contributed by atoms with Crippen molar-refractivity contribution in [1.82, 2.24) is 0 Å². The van der Waals surface area contributed by atoms with Gasteiger partial charge in [-0.3, -0.25) is 9.00 Å². The van der Waals surface area contributed by atoms with Crippen molar-refractivity contribution >= 4 is 22.4 Å². The van der Waals surface area contributed by atoms with Crippen molar-refractivity contribution in [1.29, 1.82) is 0 Å². The number of amides is 1. The summed E-state index contributed by atoms with van der Waals surface area (Å²) >= 11 is 0. The maximum absolute atomic E-state index is 11.8. The van der Waals surface area contributed by atoms with Crippen LogP contribution in [-0.2, 0) is 22.1 Å². The second kappa shape index (κ2) is 9.68. The predicted octanol–water partition coefficient (Wildman–Crippen LogP) is 2.66. The number of hydrogen-bond acceptors (Lipinski definition) is 3. The summed E-state index contributed by atoms with van der Waals surface area (Å²) in [6.45, 7) is 4.66. The molecular formula is C16H26N2O2S. The summed E-state index contributed by atoms with van der Waals surface area (Å²) in [6.07, 6.45) is 2.11. The molecule has 0 spiro atoms. The van der Waals surface area contributed by atoms with Crippen LogP contribution in [0, 0.1) is 5.92 Å². The Hall–Kier alpha value is -1.20. The zero-order valence-electron chi connectivity index (χ0n) is 12.9. The molecule has 0 aliphatic carbocycles. The number of carbonyl (C=O) groups excluding carboxylic acids is 1. The Morgan fingerprint density at radius 2 is 2.19 bits per heavy atom. The number of rotatable bonds is 9. The first kappa shape index (κ1) is 17.9. The zero-order chi connectivity index (χ0) is 15.7. The van der Waals surface area contributed by atoms with E-state index >= 15 is 0 Å². The Bertz CT molecular complexity index is 477. The van der Waals surface area contributed by atoms with Gasteiger partial charge in [0.25, 0.3) is 0 Å². The van der Waals surface area contributed by atoms with Crippen LogP contribution < -0.4 is 11.1 Å². The van der Waals surface area contributed by atoms with Crippen molar-refractivity contribution in [3.8, 4) is 0 Å². The van der Waals surface area contributed by atoms with Gasteiger partial charge in [0, 0.05) is 41.0 Å². The van der Waals surface area contributed by atoms with Gasteiger partial charge in [-0.1, -0.05) is 32.4 Å². The smallest absolute Gasteiger partial charge is 0.224 e. The van der Waals surface area contributed by atoms with E-state index in [2.05, 4.69) is 19.2 Å². The monoisotopic (exact) mass is 310 g/mol. The third-order valence-electron chi connectivity index (χ3n) is 3.39. The molecule has 0 aromatic heterocycles. The highest BCUT2D eigenvalue weighted by Crippen LogP contribution is 2.11. The zero-order valence-corrected chi connectivity index (χ0v) is 13.7. The number of nitrogens with one attached hydrogen (secondary N) is 1. The van der Waals surface area contributed by atoms with Crippen molar-refractivity contribution in [3.63, 3.8) is 0 Å². The Labute approximate surface area is 130 Å². The second-order valence-electron chi connectivity index (χ2n) is 5.38. The highest BCUT2D eigenvalue weighted by molar-refractivity contribution is 7.84. The highest BCUT2D eigenvalue weighted by Gasteiger charge is 2.08. The second-order valence-corrected chi connectivity index (χ2v) is 7.00. The molecule has 3 N–H and O–H groups in total. The molecule has 1 aromatic rings. The van der Waals surface area contributed by atoms with Crippen LogP contribution in [0.4, 0.5) is 5.69 Å². The molecule has 1 rings (SSSR count). The van der Waals surface area contributed by atoms with E-state index in [9.17, 15) is 9.00 Å². The van der Waals surface area contributed by atoms with E-state index < -0.39 is 10.8 Å². The summed E-state index contributed by atoms with van der Waals surface area (Å²) in [5.74, 6) is 1.78. The first-order chi connectivity index (χ1) is 10.0. The SMILES string of the molecule is CCC(C)CS(=O)CCCC(=O)Nc1cccc(CN)c1. The van der Waals surface area contributed by atoms with E-state index in [1.54, 1.807) is 0 Å². The molecule has 5 heteroatoms. The highest BCUT2D eigenvalue weighted by atomic mass is 32.2. The molecule has 0 saturated heterocycles. The lowest BCUT2D eigenvalue weighted by Gasteiger charge is -2.08.